The van der Waals surface area contributed by atoms with Gasteiger partial charge in [0.1, 0.15) is 11.5 Å². The number of benzene rings is 2. The van der Waals surface area contributed by atoms with Crippen molar-refractivity contribution in [1.29, 1.82) is 0 Å². The second-order valence-corrected chi connectivity index (χ2v) is 11.2. The van der Waals surface area contributed by atoms with Gasteiger partial charge in [-0.25, -0.2) is 9.79 Å². The van der Waals surface area contributed by atoms with Crippen LogP contribution in [0, 0.1) is 0 Å². The molecule has 4 aromatic rings. The molecule has 0 saturated carbocycles. The third kappa shape index (κ3) is 5.31. The fourth-order valence-electron chi connectivity index (χ4n) is 5.29. The highest BCUT2D eigenvalue weighted by Gasteiger charge is 2.35. The number of nitrogens with zero attached hydrogens (tertiary/aromatic N) is 4. The number of carbonyl (C=O) groups excluding carboxylic acids is 1. The Morgan fingerprint density at radius 3 is 2.48 bits per heavy atom. The first-order valence-corrected chi connectivity index (χ1v) is 14.7. The summed E-state index contributed by atoms with van der Waals surface area (Å²) < 4.78 is 19.1. The van der Waals surface area contributed by atoms with Gasteiger partial charge in [0, 0.05) is 43.9 Å². The van der Waals surface area contributed by atoms with E-state index in [4.69, 9.17) is 18.9 Å². The number of thiazole rings is 1. The summed E-state index contributed by atoms with van der Waals surface area (Å²) in [6.07, 6.45) is 1.75. The molecule has 42 heavy (non-hydrogen) atoms. The van der Waals surface area contributed by atoms with E-state index in [9.17, 15) is 9.59 Å². The summed E-state index contributed by atoms with van der Waals surface area (Å²) in [5.41, 5.74) is 2.04. The van der Waals surface area contributed by atoms with E-state index in [0.29, 0.717) is 32.1 Å². The lowest BCUT2D eigenvalue weighted by Gasteiger charge is -2.32. The quantitative estimate of drug-likeness (QED) is 0.308. The molecule has 9 nitrogen and oxygen atoms in total. The molecular weight excluding hydrogens is 552 g/mol. The number of fused-ring (bicyclic) bond motifs is 1. The monoisotopic (exact) mass is 584 g/mol. The number of esters is 1. The van der Waals surface area contributed by atoms with Crippen LogP contribution >= 0.6 is 11.3 Å². The van der Waals surface area contributed by atoms with E-state index < -0.39 is 12.0 Å². The average molecular weight is 585 g/mol. The molecule has 1 atom stereocenters. The van der Waals surface area contributed by atoms with Gasteiger partial charge >= 0.3 is 5.97 Å². The van der Waals surface area contributed by atoms with Crippen molar-refractivity contribution < 1.29 is 18.7 Å². The van der Waals surface area contributed by atoms with Crippen molar-refractivity contribution in [3.8, 4) is 5.75 Å². The van der Waals surface area contributed by atoms with Crippen molar-refractivity contribution in [3.63, 3.8) is 0 Å². The maximum atomic E-state index is 14.1. The molecule has 10 heteroatoms. The highest BCUT2D eigenvalue weighted by Crippen LogP contribution is 2.35. The lowest BCUT2D eigenvalue weighted by molar-refractivity contribution is -0.138. The summed E-state index contributed by atoms with van der Waals surface area (Å²) in [7, 11) is 3.71. The molecule has 0 radical (unpaired) electrons. The zero-order valence-corrected chi connectivity index (χ0v) is 24.6. The minimum Gasteiger partial charge on any atom is -0.497 e. The van der Waals surface area contributed by atoms with Crippen molar-refractivity contribution in [3.05, 3.63) is 109 Å². The lowest BCUT2D eigenvalue weighted by Crippen LogP contribution is -2.44. The molecule has 6 rings (SSSR count). The number of likely N-dealkylation sites (N-methyl/N-ethyl adjacent to an activating group) is 1. The molecule has 0 aliphatic carbocycles. The van der Waals surface area contributed by atoms with Gasteiger partial charge in [-0.15, -0.1) is 0 Å². The van der Waals surface area contributed by atoms with E-state index in [1.54, 1.807) is 24.7 Å². The van der Waals surface area contributed by atoms with Gasteiger partial charge in [0.05, 0.1) is 35.6 Å². The van der Waals surface area contributed by atoms with Crippen molar-refractivity contribution in [2.45, 2.75) is 13.0 Å². The average Bonchev–Trinajstić information content (AvgIpc) is 3.61. The molecule has 0 bridgehead atoms. The van der Waals surface area contributed by atoms with Crippen LogP contribution in [0.15, 0.2) is 86.5 Å². The van der Waals surface area contributed by atoms with Crippen LogP contribution in [0.2, 0.25) is 0 Å². The Morgan fingerprint density at radius 2 is 1.79 bits per heavy atom. The number of hydrogen-bond donors (Lipinski definition) is 0. The molecule has 2 aromatic heterocycles. The summed E-state index contributed by atoms with van der Waals surface area (Å²) in [5, 5.41) is 0. The predicted octanol–water partition coefficient (Wildman–Crippen LogP) is 3.29. The molecule has 1 unspecified atom stereocenters. The van der Waals surface area contributed by atoms with E-state index in [1.165, 1.54) is 11.3 Å². The predicted molar refractivity (Wildman–Crippen MR) is 162 cm³/mol. The van der Waals surface area contributed by atoms with Crippen LogP contribution in [0.4, 0.5) is 5.88 Å². The minimum atomic E-state index is -0.749. The van der Waals surface area contributed by atoms with E-state index in [-0.39, 0.29) is 12.2 Å². The number of aromatic nitrogens is 1. The standard InChI is InChI=1S/C32H32N4O5S/c1-4-40-31(38)27-28(21-8-6-5-7-9-21)33-32-36(29(27)22-10-12-23(39-3)13-11-22)30(37)25(42-32)20-24-14-15-26(41-24)35-18-16-34(2)17-19-35/h5-15,20,29H,4,16-19H2,1-3H3/b25-20+. The first-order chi connectivity index (χ1) is 20.5. The van der Waals surface area contributed by atoms with E-state index >= 15 is 0 Å². The van der Waals surface area contributed by atoms with Gasteiger partial charge in [-0.1, -0.05) is 53.8 Å². The molecule has 0 N–H and O–H groups in total. The van der Waals surface area contributed by atoms with Gasteiger partial charge in [0.2, 0.25) is 0 Å². The van der Waals surface area contributed by atoms with Gasteiger partial charge in [-0.3, -0.25) is 9.36 Å². The van der Waals surface area contributed by atoms with Gasteiger partial charge in [-0.05, 0) is 37.7 Å². The van der Waals surface area contributed by atoms with E-state index in [0.717, 1.165) is 43.2 Å². The topological polar surface area (TPSA) is 89.5 Å². The molecule has 1 fully saturated rings. The Morgan fingerprint density at radius 1 is 1.05 bits per heavy atom. The fraction of sp³-hybridized carbons (Fsp3) is 0.281. The smallest absolute Gasteiger partial charge is 0.338 e. The van der Waals surface area contributed by atoms with Gasteiger partial charge in [0.25, 0.3) is 5.56 Å². The first kappa shape index (κ1) is 27.7. The summed E-state index contributed by atoms with van der Waals surface area (Å²) in [5.74, 6) is 1.53. The Balaban J connectivity index is 1.51. The third-order valence-electron chi connectivity index (χ3n) is 7.51. The van der Waals surface area contributed by atoms with Crippen molar-refractivity contribution >= 4 is 35.0 Å². The van der Waals surface area contributed by atoms with Gasteiger partial charge in [0.15, 0.2) is 10.7 Å². The summed E-state index contributed by atoms with van der Waals surface area (Å²) in [6, 6.07) is 19.9. The molecular formula is C32H32N4O5S. The van der Waals surface area contributed by atoms with Crippen LogP contribution in [0.1, 0.15) is 29.9 Å². The van der Waals surface area contributed by atoms with Crippen LogP contribution in [-0.2, 0) is 9.53 Å². The van der Waals surface area contributed by atoms with Crippen LogP contribution in [-0.4, -0.2) is 62.4 Å². The normalized spacial score (nSPS) is 17.6. The van der Waals surface area contributed by atoms with Crippen molar-refractivity contribution in [2.24, 2.45) is 4.99 Å². The Kier molecular flexibility index (Phi) is 7.82. The van der Waals surface area contributed by atoms with Crippen molar-refractivity contribution in [2.75, 3.05) is 51.8 Å². The largest absolute Gasteiger partial charge is 0.497 e. The maximum Gasteiger partial charge on any atom is 0.338 e. The number of carbonyl (C=O) groups is 1. The van der Waals surface area contributed by atoms with Crippen LogP contribution in [0.3, 0.4) is 0 Å². The number of furan rings is 1. The second kappa shape index (κ2) is 11.8. The number of rotatable bonds is 7. The summed E-state index contributed by atoms with van der Waals surface area (Å²) in [4.78, 5) is 37.5. The molecule has 4 heterocycles. The lowest BCUT2D eigenvalue weighted by atomic mass is 9.93. The Labute approximate surface area is 247 Å². The van der Waals surface area contributed by atoms with Crippen LogP contribution in [0.5, 0.6) is 5.75 Å². The molecule has 1 saturated heterocycles. The number of anilines is 1. The molecule has 216 valence electrons. The summed E-state index contributed by atoms with van der Waals surface area (Å²) in [6.45, 7) is 5.65. The van der Waals surface area contributed by atoms with Crippen LogP contribution in [0.25, 0.3) is 11.8 Å². The minimum absolute atomic E-state index is 0.193. The van der Waals surface area contributed by atoms with E-state index in [2.05, 4.69) is 16.8 Å². The maximum absolute atomic E-state index is 14.1. The van der Waals surface area contributed by atoms with Gasteiger partial charge in [-0.2, -0.15) is 0 Å². The van der Waals surface area contributed by atoms with Gasteiger partial charge < -0.3 is 23.7 Å². The molecule has 0 amide bonds. The highest BCUT2D eigenvalue weighted by atomic mass is 32.1. The highest BCUT2D eigenvalue weighted by molar-refractivity contribution is 7.07. The number of piperazine rings is 1. The second-order valence-electron chi connectivity index (χ2n) is 10.2. The molecule has 2 aliphatic heterocycles. The number of ether oxygens (including phenoxy) is 2. The van der Waals surface area contributed by atoms with Crippen LogP contribution < -0.4 is 24.5 Å². The Bertz CT molecular complexity index is 1800. The zero-order valence-electron chi connectivity index (χ0n) is 23.8. The molecule has 2 aliphatic rings. The first-order valence-electron chi connectivity index (χ1n) is 13.9. The van der Waals surface area contributed by atoms with Crippen molar-refractivity contribution in [1.82, 2.24) is 9.47 Å². The number of hydrogen-bond acceptors (Lipinski definition) is 9. The fourth-order valence-corrected chi connectivity index (χ4v) is 6.27. The number of methoxy groups -OCH3 is 1. The Hall–Kier alpha value is -4.41. The third-order valence-corrected chi connectivity index (χ3v) is 8.49. The summed E-state index contributed by atoms with van der Waals surface area (Å²) >= 11 is 1.27. The molecule has 0 spiro atoms. The SMILES string of the molecule is CCOC(=O)C1=C(c2ccccc2)N=c2s/c(=C/c3ccc(N4CCN(C)CC4)o3)c(=O)n2C1c1ccc(OC)cc1. The van der Waals surface area contributed by atoms with E-state index in [1.807, 2.05) is 66.7 Å². The molecule has 2 aromatic carbocycles. The zero-order chi connectivity index (χ0) is 29.2.